The molecule has 1 saturated heterocycles. The van der Waals surface area contributed by atoms with Crippen molar-refractivity contribution >= 4 is 23.5 Å². The van der Waals surface area contributed by atoms with Crippen molar-refractivity contribution in [2.75, 3.05) is 38.7 Å². The van der Waals surface area contributed by atoms with Crippen LogP contribution in [0.2, 0.25) is 0 Å². The number of fused-ring (bicyclic) bond motifs is 1. The first-order chi connectivity index (χ1) is 13.6. The molecule has 0 aliphatic carbocycles. The second kappa shape index (κ2) is 9.16. The van der Waals surface area contributed by atoms with Gasteiger partial charge in [0.1, 0.15) is 0 Å². The highest BCUT2D eigenvalue weighted by atomic mass is 16.5. The predicted octanol–water partition coefficient (Wildman–Crippen LogP) is 2.09. The Morgan fingerprint density at radius 3 is 2.79 bits per heavy atom. The molecule has 0 bridgehead atoms. The minimum absolute atomic E-state index is 0.0210. The van der Waals surface area contributed by atoms with E-state index >= 15 is 0 Å². The third-order valence-electron chi connectivity index (χ3n) is 5.30. The first-order valence-electron chi connectivity index (χ1n) is 9.74. The molecule has 2 aliphatic heterocycles. The molecule has 2 heterocycles. The van der Waals surface area contributed by atoms with Crippen LogP contribution in [0.5, 0.6) is 0 Å². The molecule has 28 heavy (non-hydrogen) atoms. The van der Waals surface area contributed by atoms with Crippen molar-refractivity contribution in [3.63, 3.8) is 0 Å². The van der Waals surface area contributed by atoms with Crippen LogP contribution in [0.1, 0.15) is 52.8 Å². The largest absolute Gasteiger partial charge is 0.396 e. The van der Waals surface area contributed by atoms with Crippen molar-refractivity contribution in [1.82, 2.24) is 9.80 Å². The highest BCUT2D eigenvalue weighted by molar-refractivity contribution is 6.21. The number of carbonyl (C=O) groups excluding carboxylic acids is 3. The maximum Gasteiger partial charge on any atom is 0.322 e. The number of nitrogens with one attached hydrogen (secondary N) is 1. The SMILES string of the molecule is COCCCN1C(=O)c2ccc(NC(=O)N3CCCCC3CCO)cc2C1=O. The molecule has 2 N–H and O–H groups in total. The number of ether oxygens (including phenoxy) is 1. The number of hydrogen-bond donors (Lipinski definition) is 2. The van der Waals surface area contributed by atoms with E-state index in [9.17, 15) is 19.5 Å². The molecule has 1 unspecified atom stereocenters. The van der Waals surface area contributed by atoms with Crippen LogP contribution in [0.15, 0.2) is 18.2 Å². The fourth-order valence-electron chi connectivity index (χ4n) is 3.85. The number of anilines is 1. The number of benzene rings is 1. The molecule has 4 amide bonds. The zero-order valence-electron chi connectivity index (χ0n) is 16.1. The number of piperidine rings is 1. The van der Waals surface area contributed by atoms with Gasteiger partial charge < -0.3 is 20.1 Å². The maximum atomic E-state index is 12.7. The number of rotatable bonds is 7. The molecule has 3 rings (SSSR count). The van der Waals surface area contributed by atoms with E-state index in [1.165, 1.54) is 4.90 Å². The standard InChI is InChI=1S/C20H27N3O5/c1-28-12-4-10-23-18(25)16-7-6-14(13-17(16)19(23)26)21-20(27)22-9-3-2-5-15(22)8-11-24/h6-7,13,15,24H,2-5,8-12H2,1H3,(H,21,27). The smallest absolute Gasteiger partial charge is 0.322 e. The molecule has 1 aromatic rings. The van der Waals surface area contributed by atoms with E-state index in [1.807, 2.05) is 0 Å². The van der Waals surface area contributed by atoms with E-state index in [0.717, 1.165) is 19.3 Å². The first kappa shape index (κ1) is 20.3. The number of methoxy groups -OCH3 is 1. The molecule has 2 aliphatic rings. The summed E-state index contributed by atoms with van der Waals surface area (Å²) in [5.41, 5.74) is 1.15. The second-order valence-electron chi connectivity index (χ2n) is 7.15. The molecule has 0 saturated carbocycles. The zero-order valence-corrected chi connectivity index (χ0v) is 16.1. The van der Waals surface area contributed by atoms with Gasteiger partial charge in [0, 0.05) is 45.1 Å². The highest BCUT2D eigenvalue weighted by Crippen LogP contribution is 2.27. The Balaban J connectivity index is 1.70. The number of imide groups is 1. The van der Waals surface area contributed by atoms with Crippen LogP contribution in [0.25, 0.3) is 0 Å². The van der Waals surface area contributed by atoms with Gasteiger partial charge in [0.25, 0.3) is 11.8 Å². The van der Waals surface area contributed by atoms with E-state index in [2.05, 4.69) is 5.32 Å². The summed E-state index contributed by atoms with van der Waals surface area (Å²) < 4.78 is 4.98. The molecular weight excluding hydrogens is 362 g/mol. The number of amides is 4. The lowest BCUT2D eigenvalue weighted by Crippen LogP contribution is -2.46. The summed E-state index contributed by atoms with van der Waals surface area (Å²) in [6, 6.07) is 4.57. The average Bonchev–Trinajstić information content (AvgIpc) is 2.93. The summed E-state index contributed by atoms with van der Waals surface area (Å²) in [6.45, 7) is 1.47. The van der Waals surface area contributed by atoms with Gasteiger partial charge in [-0.15, -0.1) is 0 Å². The quantitative estimate of drug-likeness (QED) is 0.550. The lowest BCUT2D eigenvalue weighted by Gasteiger charge is -2.35. The molecule has 1 aromatic carbocycles. The Kier molecular flexibility index (Phi) is 6.64. The van der Waals surface area contributed by atoms with Crippen molar-refractivity contribution < 1.29 is 24.2 Å². The number of urea groups is 1. The molecule has 0 radical (unpaired) electrons. The minimum atomic E-state index is -0.344. The van der Waals surface area contributed by atoms with Crippen molar-refractivity contribution in [2.24, 2.45) is 0 Å². The van der Waals surface area contributed by atoms with Gasteiger partial charge >= 0.3 is 6.03 Å². The van der Waals surface area contributed by atoms with Crippen LogP contribution in [0.4, 0.5) is 10.5 Å². The van der Waals surface area contributed by atoms with E-state index < -0.39 is 0 Å². The van der Waals surface area contributed by atoms with Gasteiger partial charge in [-0.05, 0) is 50.3 Å². The van der Waals surface area contributed by atoms with Crippen LogP contribution in [0.3, 0.4) is 0 Å². The van der Waals surface area contributed by atoms with Crippen molar-refractivity contribution in [1.29, 1.82) is 0 Å². The minimum Gasteiger partial charge on any atom is -0.396 e. The molecule has 8 heteroatoms. The van der Waals surface area contributed by atoms with E-state index in [4.69, 9.17) is 4.74 Å². The summed E-state index contributed by atoms with van der Waals surface area (Å²) in [5.74, 6) is -0.656. The summed E-state index contributed by atoms with van der Waals surface area (Å²) in [4.78, 5) is 40.7. The normalized spacial score (nSPS) is 19.1. The topological polar surface area (TPSA) is 99.2 Å². The predicted molar refractivity (Wildman–Crippen MR) is 103 cm³/mol. The van der Waals surface area contributed by atoms with Crippen molar-refractivity contribution in [3.05, 3.63) is 29.3 Å². The monoisotopic (exact) mass is 389 g/mol. The molecular formula is C20H27N3O5. The Hall–Kier alpha value is -2.45. The van der Waals surface area contributed by atoms with Crippen LogP contribution >= 0.6 is 0 Å². The molecule has 152 valence electrons. The lowest BCUT2D eigenvalue weighted by molar-refractivity contribution is 0.0638. The van der Waals surface area contributed by atoms with Gasteiger partial charge in [-0.1, -0.05) is 0 Å². The average molecular weight is 389 g/mol. The van der Waals surface area contributed by atoms with Crippen LogP contribution in [-0.4, -0.2) is 72.2 Å². The summed E-state index contributed by atoms with van der Waals surface area (Å²) in [6.07, 6.45) is 3.99. The third kappa shape index (κ3) is 4.18. The Bertz CT molecular complexity index is 749. The van der Waals surface area contributed by atoms with Crippen LogP contribution < -0.4 is 5.32 Å². The third-order valence-corrected chi connectivity index (χ3v) is 5.30. The fourth-order valence-corrected chi connectivity index (χ4v) is 3.85. The lowest BCUT2D eigenvalue weighted by atomic mass is 10.00. The van der Waals surface area contributed by atoms with E-state index in [0.29, 0.717) is 49.4 Å². The van der Waals surface area contributed by atoms with Crippen molar-refractivity contribution in [2.45, 2.75) is 38.1 Å². The zero-order chi connectivity index (χ0) is 20.1. The Morgan fingerprint density at radius 2 is 2.04 bits per heavy atom. The van der Waals surface area contributed by atoms with Crippen LogP contribution in [-0.2, 0) is 4.74 Å². The number of nitrogens with zero attached hydrogens (tertiary/aromatic N) is 2. The van der Waals surface area contributed by atoms with Gasteiger partial charge in [-0.25, -0.2) is 4.79 Å². The molecule has 1 atom stereocenters. The van der Waals surface area contributed by atoms with E-state index in [1.54, 1.807) is 30.2 Å². The Labute approximate surface area is 164 Å². The maximum absolute atomic E-state index is 12.7. The number of likely N-dealkylation sites (tertiary alicyclic amines) is 1. The summed E-state index contributed by atoms with van der Waals surface area (Å²) >= 11 is 0. The van der Waals surface area contributed by atoms with Gasteiger partial charge in [-0.3, -0.25) is 14.5 Å². The summed E-state index contributed by atoms with van der Waals surface area (Å²) in [7, 11) is 1.57. The first-order valence-corrected chi connectivity index (χ1v) is 9.74. The number of hydrogen-bond acceptors (Lipinski definition) is 5. The highest BCUT2D eigenvalue weighted by Gasteiger charge is 2.35. The Morgan fingerprint density at radius 1 is 1.25 bits per heavy atom. The van der Waals surface area contributed by atoms with Crippen LogP contribution in [0, 0.1) is 0 Å². The van der Waals surface area contributed by atoms with Gasteiger partial charge in [0.2, 0.25) is 0 Å². The number of aliphatic hydroxyl groups is 1. The van der Waals surface area contributed by atoms with Crippen molar-refractivity contribution in [3.8, 4) is 0 Å². The summed E-state index contributed by atoms with van der Waals surface area (Å²) in [5, 5.41) is 12.1. The number of carbonyl (C=O) groups is 3. The fraction of sp³-hybridized carbons (Fsp3) is 0.550. The molecule has 0 spiro atoms. The second-order valence-corrected chi connectivity index (χ2v) is 7.15. The van der Waals surface area contributed by atoms with E-state index in [-0.39, 0.29) is 30.5 Å². The van der Waals surface area contributed by atoms with Gasteiger partial charge in [0.15, 0.2) is 0 Å². The van der Waals surface area contributed by atoms with Gasteiger partial charge in [0.05, 0.1) is 11.1 Å². The molecule has 1 fully saturated rings. The van der Waals surface area contributed by atoms with Gasteiger partial charge in [-0.2, -0.15) is 0 Å². The molecule has 8 nitrogen and oxygen atoms in total. The number of aliphatic hydroxyl groups excluding tert-OH is 1. The molecule has 0 aromatic heterocycles.